The average molecular weight is 419 g/mol. The second-order valence-corrected chi connectivity index (χ2v) is 7.17. The van der Waals surface area contributed by atoms with Crippen LogP contribution in [-0.4, -0.2) is 41.5 Å². The first-order valence-electron chi connectivity index (χ1n) is 8.26. The predicted molar refractivity (Wildman–Crippen MR) is 106 cm³/mol. The van der Waals surface area contributed by atoms with Crippen molar-refractivity contribution in [2.75, 3.05) is 24.8 Å². The van der Waals surface area contributed by atoms with Gasteiger partial charge in [-0.1, -0.05) is 11.8 Å². The van der Waals surface area contributed by atoms with Gasteiger partial charge in [-0.05, 0) is 42.6 Å². The highest BCUT2D eigenvalue weighted by Gasteiger charge is 2.17. The van der Waals surface area contributed by atoms with Crippen molar-refractivity contribution in [1.82, 2.24) is 10.2 Å². The topological polar surface area (TPSA) is 104 Å². The van der Waals surface area contributed by atoms with Gasteiger partial charge < -0.3 is 19.2 Å². The standard InChI is InChI=1S/C18H17N3O5S2/c1-3-25-17(23)13-8-9-27-16(13)19-14(22)10-28-18-21-20-15(26-18)11-4-6-12(24-2)7-5-11/h4-9H,3,10H2,1-2H3,(H,19,22). The monoisotopic (exact) mass is 419 g/mol. The number of benzene rings is 1. The SMILES string of the molecule is CCOC(=O)c1ccsc1NC(=O)CSc1nnc(-c2ccc(OC)cc2)o1. The van der Waals surface area contributed by atoms with E-state index in [1.54, 1.807) is 49.7 Å². The second kappa shape index (κ2) is 9.38. The summed E-state index contributed by atoms with van der Waals surface area (Å²) in [7, 11) is 1.59. The Hall–Kier alpha value is -2.85. The minimum Gasteiger partial charge on any atom is -0.497 e. The normalized spacial score (nSPS) is 10.5. The lowest BCUT2D eigenvalue weighted by atomic mass is 10.2. The molecule has 0 atom stereocenters. The van der Waals surface area contributed by atoms with E-state index in [0.29, 0.717) is 16.5 Å². The molecule has 28 heavy (non-hydrogen) atoms. The van der Waals surface area contributed by atoms with Crippen LogP contribution in [0.3, 0.4) is 0 Å². The molecule has 0 bridgehead atoms. The van der Waals surface area contributed by atoms with Gasteiger partial charge in [0, 0.05) is 5.56 Å². The fourth-order valence-corrected chi connectivity index (χ4v) is 3.54. The number of carbonyl (C=O) groups is 2. The van der Waals surface area contributed by atoms with Gasteiger partial charge in [0.1, 0.15) is 10.8 Å². The number of carbonyl (C=O) groups excluding carboxylic acids is 2. The van der Waals surface area contributed by atoms with Crippen LogP contribution >= 0.6 is 23.1 Å². The summed E-state index contributed by atoms with van der Waals surface area (Å²) in [6.45, 7) is 2.00. The maximum Gasteiger partial charge on any atom is 0.341 e. The largest absolute Gasteiger partial charge is 0.497 e. The molecule has 10 heteroatoms. The summed E-state index contributed by atoms with van der Waals surface area (Å²) < 4.78 is 15.6. The zero-order valence-corrected chi connectivity index (χ0v) is 16.8. The molecule has 3 aromatic rings. The number of rotatable bonds is 8. The molecule has 1 N–H and O–H groups in total. The van der Waals surface area contributed by atoms with Gasteiger partial charge in [0.2, 0.25) is 11.8 Å². The molecule has 0 saturated carbocycles. The Morgan fingerprint density at radius 3 is 2.71 bits per heavy atom. The minimum absolute atomic E-state index is 0.0599. The molecule has 0 spiro atoms. The molecule has 8 nitrogen and oxygen atoms in total. The Kier molecular flexibility index (Phi) is 6.66. The van der Waals surface area contributed by atoms with Gasteiger partial charge in [0.15, 0.2) is 0 Å². The Labute approximate surface area is 169 Å². The Morgan fingerprint density at radius 1 is 1.21 bits per heavy atom. The lowest BCUT2D eigenvalue weighted by Gasteiger charge is -2.05. The maximum atomic E-state index is 12.2. The number of amides is 1. The van der Waals surface area contributed by atoms with Gasteiger partial charge in [-0.25, -0.2) is 4.79 Å². The van der Waals surface area contributed by atoms with Crippen LogP contribution in [-0.2, 0) is 9.53 Å². The van der Waals surface area contributed by atoms with Crippen LogP contribution in [0.4, 0.5) is 5.00 Å². The third-order valence-corrected chi connectivity index (χ3v) is 5.13. The van der Waals surface area contributed by atoms with E-state index in [1.165, 1.54) is 11.3 Å². The van der Waals surface area contributed by atoms with E-state index >= 15 is 0 Å². The van der Waals surface area contributed by atoms with E-state index < -0.39 is 5.97 Å². The molecule has 0 aliphatic rings. The third kappa shape index (κ3) is 4.90. The van der Waals surface area contributed by atoms with Gasteiger partial charge in [0.05, 0.1) is 25.0 Å². The first kappa shape index (κ1) is 19.9. The van der Waals surface area contributed by atoms with Crippen molar-refractivity contribution in [3.05, 3.63) is 41.3 Å². The fraction of sp³-hybridized carbons (Fsp3) is 0.222. The quantitative estimate of drug-likeness (QED) is 0.435. The van der Waals surface area contributed by atoms with Crippen molar-refractivity contribution in [2.45, 2.75) is 12.1 Å². The van der Waals surface area contributed by atoms with E-state index in [4.69, 9.17) is 13.9 Å². The van der Waals surface area contributed by atoms with Crippen LogP contribution in [0.2, 0.25) is 0 Å². The number of nitrogens with zero attached hydrogens (tertiary/aromatic N) is 2. The van der Waals surface area contributed by atoms with E-state index in [0.717, 1.165) is 23.1 Å². The van der Waals surface area contributed by atoms with E-state index in [-0.39, 0.29) is 23.5 Å². The number of anilines is 1. The molecule has 0 saturated heterocycles. The summed E-state index contributed by atoms with van der Waals surface area (Å²) in [5.41, 5.74) is 1.09. The first-order chi connectivity index (χ1) is 13.6. The van der Waals surface area contributed by atoms with Crippen molar-refractivity contribution in [1.29, 1.82) is 0 Å². The van der Waals surface area contributed by atoms with E-state index in [9.17, 15) is 9.59 Å². The van der Waals surface area contributed by atoms with Gasteiger partial charge >= 0.3 is 5.97 Å². The Bertz CT molecular complexity index is 952. The summed E-state index contributed by atoms with van der Waals surface area (Å²) >= 11 is 2.36. The molecular weight excluding hydrogens is 402 g/mol. The predicted octanol–water partition coefficient (Wildman–Crippen LogP) is 3.71. The number of ether oxygens (including phenoxy) is 2. The van der Waals surface area contributed by atoms with E-state index in [1.807, 2.05) is 0 Å². The number of methoxy groups -OCH3 is 1. The van der Waals surface area contributed by atoms with Gasteiger partial charge in [-0.15, -0.1) is 21.5 Å². The van der Waals surface area contributed by atoms with Crippen LogP contribution in [0, 0.1) is 0 Å². The summed E-state index contributed by atoms with van der Waals surface area (Å²) in [5, 5.41) is 13.1. The van der Waals surface area contributed by atoms with Crippen molar-refractivity contribution in [3.8, 4) is 17.2 Å². The van der Waals surface area contributed by atoms with Crippen molar-refractivity contribution in [3.63, 3.8) is 0 Å². The van der Waals surface area contributed by atoms with Crippen LogP contribution in [0.25, 0.3) is 11.5 Å². The first-order valence-corrected chi connectivity index (χ1v) is 10.1. The molecule has 2 heterocycles. The molecule has 3 rings (SSSR count). The Balaban J connectivity index is 1.56. The number of hydrogen-bond donors (Lipinski definition) is 1. The third-order valence-electron chi connectivity index (χ3n) is 3.48. The Morgan fingerprint density at radius 2 is 2.00 bits per heavy atom. The second-order valence-electron chi connectivity index (χ2n) is 5.32. The summed E-state index contributed by atoms with van der Waals surface area (Å²) in [6, 6.07) is 8.82. The fourth-order valence-electron chi connectivity index (χ4n) is 2.18. The number of thiophene rings is 1. The number of esters is 1. The molecule has 0 fully saturated rings. The molecular formula is C18H17N3O5S2. The molecule has 2 aromatic heterocycles. The molecule has 1 amide bonds. The summed E-state index contributed by atoms with van der Waals surface area (Å²) in [5.74, 6) is 0.387. The van der Waals surface area contributed by atoms with Crippen LogP contribution in [0.1, 0.15) is 17.3 Å². The van der Waals surface area contributed by atoms with Crippen molar-refractivity contribution in [2.24, 2.45) is 0 Å². The number of hydrogen-bond acceptors (Lipinski definition) is 9. The molecule has 0 radical (unpaired) electrons. The van der Waals surface area contributed by atoms with Gasteiger partial charge in [-0.2, -0.15) is 0 Å². The minimum atomic E-state index is -0.465. The van der Waals surface area contributed by atoms with Crippen molar-refractivity contribution < 1.29 is 23.5 Å². The van der Waals surface area contributed by atoms with Crippen LogP contribution in [0.15, 0.2) is 45.4 Å². The zero-order chi connectivity index (χ0) is 19.9. The number of thioether (sulfide) groups is 1. The molecule has 146 valence electrons. The molecule has 0 aliphatic carbocycles. The van der Waals surface area contributed by atoms with Crippen molar-refractivity contribution >= 4 is 40.0 Å². The van der Waals surface area contributed by atoms with Gasteiger partial charge in [0.25, 0.3) is 5.22 Å². The molecule has 1 aromatic carbocycles. The molecule has 0 unspecified atom stereocenters. The highest BCUT2D eigenvalue weighted by molar-refractivity contribution is 7.99. The van der Waals surface area contributed by atoms with Gasteiger partial charge in [-0.3, -0.25) is 4.79 Å². The highest BCUT2D eigenvalue weighted by atomic mass is 32.2. The lowest BCUT2D eigenvalue weighted by Crippen LogP contribution is -2.15. The smallest absolute Gasteiger partial charge is 0.341 e. The zero-order valence-electron chi connectivity index (χ0n) is 15.1. The highest BCUT2D eigenvalue weighted by Crippen LogP contribution is 2.27. The summed E-state index contributed by atoms with van der Waals surface area (Å²) in [4.78, 5) is 24.0. The van der Waals surface area contributed by atoms with Crippen LogP contribution in [0.5, 0.6) is 5.75 Å². The van der Waals surface area contributed by atoms with E-state index in [2.05, 4.69) is 15.5 Å². The lowest BCUT2D eigenvalue weighted by molar-refractivity contribution is -0.113. The molecule has 0 aliphatic heterocycles. The number of aromatic nitrogens is 2. The average Bonchev–Trinajstić information content (AvgIpc) is 3.36. The summed E-state index contributed by atoms with van der Waals surface area (Å²) in [6.07, 6.45) is 0. The number of nitrogens with one attached hydrogen (secondary N) is 1. The van der Waals surface area contributed by atoms with Crippen LogP contribution < -0.4 is 10.1 Å². The maximum absolute atomic E-state index is 12.2.